The van der Waals surface area contributed by atoms with Gasteiger partial charge >= 0.3 is 17.6 Å². The molecule has 33 heavy (non-hydrogen) atoms. The van der Waals surface area contributed by atoms with Crippen molar-refractivity contribution >= 4 is 11.9 Å². The third-order valence-corrected chi connectivity index (χ3v) is 5.07. The number of hydrogen-bond donors (Lipinski definition) is 1. The highest BCUT2D eigenvalue weighted by atomic mass is 19.1. The first kappa shape index (κ1) is 22.2. The molecular formula is C23H19FN2O7. The van der Waals surface area contributed by atoms with Crippen molar-refractivity contribution in [2.75, 3.05) is 6.61 Å². The number of benzene rings is 2. The molecule has 0 unspecified atom stereocenters. The number of aromatic nitrogens is 2. The predicted molar refractivity (Wildman–Crippen MR) is 112 cm³/mol. The number of esters is 2. The number of carbonyl (C=O) groups is 2. The van der Waals surface area contributed by atoms with Crippen molar-refractivity contribution in [3.05, 3.63) is 105 Å². The fourth-order valence-electron chi connectivity index (χ4n) is 3.42. The lowest BCUT2D eigenvalue weighted by atomic mass is 10.1. The number of halogens is 1. The topological polar surface area (TPSA) is 117 Å². The molecule has 3 aromatic rings. The van der Waals surface area contributed by atoms with Crippen LogP contribution in [0.4, 0.5) is 4.39 Å². The number of hydrogen-bond acceptors (Lipinski definition) is 7. The van der Waals surface area contributed by atoms with E-state index < -0.39 is 47.4 Å². The van der Waals surface area contributed by atoms with Crippen LogP contribution in [0.25, 0.3) is 0 Å². The maximum absolute atomic E-state index is 13.8. The number of rotatable bonds is 6. The van der Waals surface area contributed by atoms with E-state index in [1.54, 1.807) is 60.7 Å². The molecule has 1 N–H and O–H groups in total. The molecule has 1 fully saturated rings. The van der Waals surface area contributed by atoms with Crippen LogP contribution in [-0.4, -0.2) is 40.3 Å². The first-order valence-corrected chi connectivity index (χ1v) is 10.1. The minimum Gasteiger partial charge on any atom is -0.459 e. The summed E-state index contributed by atoms with van der Waals surface area (Å²) in [5.41, 5.74) is -1.42. The lowest BCUT2D eigenvalue weighted by molar-refractivity contribution is -0.0584. The van der Waals surface area contributed by atoms with E-state index in [4.69, 9.17) is 14.2 Å². The highest BCUT2D eigenvalue weighted by molar-refractivity contribution is 5.90. The van der Waals surface area contributed by atoms with Crippen LogP contribution in [0.3, 0.4) is 0 Å². The van der Waals surface area contributed by atoms with Crippen LogP contribution >= 0.6 is 0 Å². The van der Waals surface area contributed by atoms with E-state index >= 15 is 0 Å². The molecule has 9 nitrogen and oxygen atoms in total. The van der Waals surface area contributed by atoms with E-state index in [0.717, 1.165) is 10.8 Å². The van der Waals surface area contributed by atoms with E-state index in [-0.39, 0.29) is 13.0 Å². The first-order valence-electron chi connectivity index (χ1n) is 10.1. The summed E-state index contributed by atoms with van der Waals surface area (Å²) in [6.45, 7) is -0.280. The van der Waals surface area contributed by atoms with E-state index in [2.05, 4.69) is 0 Å². The number of aromatic amines is 1. The van der Waals surface area contributed by atoms with Gasteiger partial charge in [-0.1, -0.05) is 36.4 Å². The van der Waals surface area contributed by atoms with Gasteiger partial charge in [0.15, 0.2) is 0 Å². The Bertz CT molecular complexity index is 1260. The maximum Gasteiger partial charge on any atom is 0.338 e. The van der Waals surface area contributed by atoms with Crippen LogP contribution in [0.2, 0.25) is 0 Å². The van der Waals surface area contributed by atoms with Gasteiger partial charge in [-0.2, -0.15) is 4.39 Å². The SMILES string of the molecule is O=C(OC[C@@H]1O[C@@H](n2cc(F)c(=O)[nH]c2=O)C[C@@H]1OC(=O)c1ccccc1)c1ccccc1. The summed E-state index contributed by atoms with van der Waals surface area (Å²) in [5, 5.41) is 0. The van der Waals surface area contributed by atoms with E-state index in [0.29, 0.717) is 11.1 Å². The van der Waals surface area contributed by atoms with Gasteiger partial charge < -0.3 is 14.2 Å². The zero-order chi connectivity index (χ0) is 23.4. The smallest absolute Gasteiger partial charge is 0.338 e. The average molecular weight is 454 g/mol. The molecule has 0 aliphatic carbocycles. The normalized spacial score (nSPS) is 19.7. The predicted octanol–water partition coefficient (Wildman–Crippen LogP) is 2.05. The molecule has 1 saturated heterocycles. The fraction of sp³-hybridized carbons (Fsp3) is 0.217. The van der Waals surface area contributed by atoms with Gasteiger partial charge in [0.25, 0.3) is 5.56 Å². The Balaban J connectivity index is 1.53. The van der Waals surface area contributed by atoms with Gasteiger partial charge in [0.2, 0.25) is 5.82 Å². The number of nitrogens with zero attached hydrogens (tertiary/aromatic N) is 1. The van der Waals surface area contributed by atoms with Crippen molar-refractivity contribution in [3.63, 3.8) is 0 Å². The summed E-state index contributed by atoms with van der Waals surface area (Å²) < 4.78 is 31.3. The summed E-state index contributed by atoms with van der Waals surface area (Å²) in [4.78, 5) is 50.2. The highest BCUT2D eigenvalue weighted by Gasteiger charge is 2.40. The van der Waals surface area contributed by atoms with Crippen molar-refractivity contribution in [1.29, 1.82) is 0 Å². The van der Waals surface area contributed by atoms with Crippen LogP contribution in [0.1, 0.15) is 33.4 Å². The second-order valence-corrected chi connectivity index (χ2v) is 7.28. The Hall–Kier alpha value is -4.05. The van der Waals surface area contributed by atoms with Crippen molar-refractivity contribution in [3.8, 4) is 0 Å². The summed E-state index contributed by atoms with van der Waals surface area (Å²) in [7, 11) is 0. The number of H-pyrrole nitrogens is 1. The lowest BCUT2D eigenvalue weighted by Gasteiger charge is -2.19. The van der Waals surface area contributed by atoms with Crippen molar-refractivity contribution in [2.24, 2.45) is 0 Å². The molecule has 0 amide bonds. The molecule has 0 radical (unpaired) electrons. The molecule has 3 atom stereocenters. The van der Waals surface area contributed by atoms with Crippen LogP contribution < -0.4 is 11.2 Å². The summed E-state index contributed by atoms with van der Waals surface area (Å²) in [5.74, 6) is -2.41. The van der Waals surface area contributed by atoms with Gasteiger partial charge in [0.05, 0.1) is 17.3 Å². The first-order chi connectivity index (χ1) is 15.9. The largest absolute Gasteiger partial charge is 0.459 e. The van der Waals surface area contributed by atoms with Gasteiger partial charge in [-0.25, -0.2) is 14.4 Å². The van der Waals surface area contributed by atoms with Crippen LogP contribution in [0.15, 0.2) is 76.4 Å². The van der Waals surface area contributed by atoms with E-state index in [1.165, 1.54) is 0 Å². The summed E-state index contributed by atoms with van der Waals surface area (Å²) in [6, 6.07) is 16.5. The number of nitrogens with one attached hydrogen (secondary N) is 1. The molecule has 10 heteroatoms. The van der Waals surface area contributed by atoms with Crippen molar-refractivity contribution in [1.82, 2.24) is 9.55 Å². The molecule has 4 rings (SSSR count). The van der Waals surface area contributed by atoms with Crippen LogP contribution in [-0.2, 0) is 14.2 Å². The molecule has 2 aromatic carbocycles. The number of ether oxygens (including phenoxy) is 3. The zero-order valence-electron chi connectivity index (χ0n) is 17.2. The Kier molecular flexibility index (Phi) is 6.45. The van der Waals surface area contributed by atoms with E-state index in [9.17, 15) is 23.6 Å². The molecule has 1 aromatic heterocycles. The monoisotopic (exact) mass is 454 g/mol. The molecule has 0 bridgehead atoms. The standard InChI is InChI=1S/C23H19FN2O7/c24-16-12-26(23(30)25-20(16)27)19-11-17(33-22(29)15-9-5-2-6-10-15)18(32-19)13-31-21(28)14-7-3-1-4-8-14/h1-10,12,17-19H,11,13H2,(H,25,27,30)/t17-,18-,19+/m0/s1. The summed E-state index contributed by atoms with van der Waals surface area (Å²) in [6.07, 6.45) is -2.21. The van der Waals surface area contributed by atoms with Crippen molar-refractivity contribution < 1.29 is 28.2 Å². The van der Waals surface area contributed by atoms with Gasteiger partial charge in [0.1, 0.15) is 25.0 Å². The van der Waals surface area contributed by atoms with Gasteiger partial charge in [0, 0.05) is 6.42 Å². The molecular weight excluding hydrogens is 435 g/mol. The number of carbonyl (C=O) groups excluding carboxylic acids is 2. The minimum atomic E-state index is -1.17. The van der Waals surface area contributed by atoms with Crippen LogP contribution in [0.5, 0.6) is 0 Å². The Morgan fingerprint density at radius 3 is 2.24 bits per heavy atom. The van der Waals surface area contributed by atoms with E-state index in [1.807, 2.05) is 4.98 Å². The molecule has 1 aliphatic rings. The van der Waals surface area contributed by atoms with Gasteiger partial charge in [-0.15, -0.1) is 0 Å². The van der Waals surface area contributed by atoms with Crippen molar-refractivity contribution in [2.45, 2.75) is 24.9 Å². The van der Waals surface area contributed by atoms with Gasteiger partial charge in [-0.05, 0) is 24.3 Å². The second-order valence-electron chi connectivity index (χ2n) is 7.28. The summed E-state index contributed by atoms with van der Waals surface area (Å²) >= 11 is 0. The Morgan fingerprint density at radius 1 is 1.00 bits per heavy atom. The zero-order valence-corrected chi connectivity index (χ0v) is 17.2. The lowest BCUT2D eigenvalue weighted by Crippen LogP contribution is -2.34. The molecule has 0 saturated carbocycles. The molecule has 1 aliphatic heterocycles. The highest BCUT2D eigenvalue weighted by Crippen LogP contribution is 2.31. The molecule has 170 valence electrons. The average Bonchev–Trinajstić information content (AvgIpc) is 3.23. The second kappa shape index (κ2) is 9.61. The molecule has 0 spiro atoms. The Morgan fingerprint density at radius 2 is 1.61 bits per heavy atom. The Labute approximate surface area is 186 Å². The fourth-order valence-corrected chi connectivity index (χ4v) is 3.42. The minimum absolute atomic E-state index is 0.0302. The third kappa shape index (κ3) is 5.07. The van der Waals surface area contributed by atoms with Crippen LogP contribution in [0, 0.1) is 5.82 Å². The third-order valence-electron chi connectivity index (χ3n) is 5.07. The quantitative estimate of drug-likeness (QED) is 0.567. The maximum atomic E-state index is 13.8. The molecule has 2 heterocycles. The van der Waals surface area contributed by atoms with Gasteiger partial charge in [-0.3, -0.25) is 14.3 Å².